The summed E-state index contributed by atoms with van der Waals surface area (Å²) in [6, 6.07) is 5.57. The normalized spacial score (nSPS) is 24.7. The molecule has 7 heteroatoms. The predicted octanol–water partition coefficient (Wildman–Crippen LogP) is 3.93. The maximum atomic E-state index is 12.2. The van der Waals surface area contributed by atoms with Gasteiger partial charge in [-0.25, -0.2) is 0 Å². The molecule has 0 aromatic heterocycles. The lowest BCUT2D eigenvalue weighted by Crippen LogP contribution is -2.47. The first-order valence-corrected chi connectivity index (χ1v) is 9.36. The summed E-state index contributed by atoms with van der Waals surface area (Å²) < 4.78 is 0. The van der Waals surface area contributed by atoms with Crippen molar-refractivity contribution in [3.63, 3.8) is 0 Å². The number of carbonyl (C=O) groups is 1. The first-order chi connectivity index (χ1) is 11.4. The molecule has 0 unspecified atom stereocenters. The van der Waals surface area contributed by atoms with Gasteiger partial charge in [0.05, 0.1) is 22.3 Å². The third kappa shape index (κ3) is 3.95. The highest BCUT2D eigenvalue weighted by Crippen LogP contribution is 2.44. The van der Waals surface area contributed by atoms with E-state index >= 15 is 0 Å². The number of fused-ring (bicyclic) bond motifs is 2. The molecule has 2 saturated carbocycles. The van der Waals surface area contributed by atoms with E-state index in [1.165, 1.54) is 25.7 Å². The number of benzene rings is 1. The number of hydrogen-bond donors (Lipinski definition) is 2. The topological polar surface area (TPSA) is 44.4 Å². The van der Waals surface area contributed by atoms with Crippen molar-refractivity contribution < 1.29 is 4.79 Å². The zero-order valence-electron chi connectivity index (χ0n) is 13.5. The largest absolute Gasteiger partial charge is 0.360 e. The molecular formula is C17H21Cl2N3OS. The quantitative estimate of drug-likeness (QED) is 0.770. The van der Waals surface area contributed by atoms with Crippen LogP contribution in [0.2, 0.25) is 10.0 Å². The van der Waals surface area contributed by atoms with E-state index in [0.717, 1.165) is 11.8 Å². The molecule has 1 aromatic rings. The molecule has 24 heavy (non-hydrogen) atoms. The van der Waals surface area contributed by atoms with Gasteiger partial charge in [-0.3, -0.25) is 4.79 Å². The summed E-state index contributed by atoms with van der Waals surface area (Å²) in [6.45, 7) is 0.147. The van der Waals surface area contributed by atoms with Gasteiger partial charge in [0.15, 0.2) is 5.11 Å². The number of carbonyl (C=O) groups excluding carboxylic acids is 1. The molecule has 1 aromatic carbocycles. The fourth-order valence-electron chi connectivity index (χ4n) is 3.77. The summed E-state index contributed by atoms with van der Waals surface area (Å²) in [6.07, 6.45) is 5.15. The molecule has 0 radical (unpaired) electrons. The van der Waals surface area contributed by atoms with Crippen LogP contribution < -0.4 is 10.6 Å². The second-order valence-electron chi connectivity index (χ2n) is 6.73. The van der Waals surface area contributed by atoms with E-state index in [1.807, 2.05) is 7.05 Å². The van der Waals surface area contributed by atoms with Crippen LogP contribution in [0.3, 0.4) is 0 Å². The van der Waals surface area contributed by atoms with Crippen LogP contribution in [0.1, 0.15) is 25.7 Å². The Morgan fingerprint density at radius 1 is 1.29 bits per heavy atom. The van der Waals surface area contributed by atoms with Gasteiger partial charge in [-0.1, -0.05) is 35.7 Å². The molecule has 3 rings (SSSR count). The van der Waals surface area contributed by atoms with Gasteiger partial charge in [-0.05, 0) is 55.4 Å². The van der Waals surface area contributed by atoms with Crippen molar-refractivity contribution in [2.45, 2.75) is 31.7 Å². The molecule has 2 fully saturated rings. The van der Waals surface area contributed by atoms with Gasteiger partial charge in [-0.15, -0.1) is 0 Å². The number of hydrogen-bond acceptors (Lipinski definition) is 2. The van der Waals surface area contributed by atoms with Gasteiger partial charge in [0.2, 0.25) is 5.91 Å². The van der Waals surface area contributed by atoms with E-state index in [0.29, 0.717) is 26.9 Å². The Morgan fingerprint density at radius 2 is 2.00 bits per heavy atom. The number of likely N-dealkylation sites (N-methyl/N-ethyl adjacent to an activating group) is 1. The molecule has 0 heterocycles. The average Bonchev–Trinajstić information content (AvgIpc) is 3.13. The lowest BCUT2D eigenvalue weighted by Gasteiger charge is -2.28. The summed E-state index contributed by atoms with van der Waals surface area (Å²) >= 11 is 17.6. The number of amides is 1. The van der Waals surface area contributed by atoms with Crippen LogP contribution in [0.25, 0.3) is 0 Å². The number of halogens is 2. The van der Waals surface area contributed by atoms with E-state index < -0.39 is 0 Å². The van der Waals surface area contributed by atoms with E-state index in [4.69, 9.17) is 35.4 Å². The number of para-hydroxylation sites is 1. The Hall–Kier alpha value is -1.04. The fourth-order valence-corrected chi connectivity index (χ4v) is 4.48. The van der Waals surface area contributed by atoms with E-state index in [1.54, 1.807) is 23.1 Å². The lowest BCUT2D eigenvalue weighted by molar-refractivity contribution is -0.116. The van der Waals surface area contributed by atoms with Crippen molar-refractivity contribution in [1.82, 2.24) is 10.2 Å². The molecule has 2 aliphatic carbocycles. The van der Waals surface area contributed by atoms with Crippen LogP contribution in [0.5, 0.6) is 0 Å². The van der Waals surface area contributed by atoms with Crippen molar-refractivity contribution in [2.75, 3.05) is 18.9 Å². The molecule has 130 valence electrons. The third-order valence-corrected chi connectivity index (χ3v) is 6.06. The first-order valence-electron chi connectivity index (χ1n) is 8.19. The number of nitrogens with one attached hydrogen (secondary N) is 2. The highest BCUT2D eigenvalue weighted by Gasteiger charge is 2.39. The van der Waals surface area contributed by atoms with Crippen LogP contribution in [0.4, 0.5) is 5.69 Å². The number of thiocarbonyl (C=S) groups is 1. The van der Waals surface area contributed by atoms with Gasteiger partial charge >= 0.3 is 0 Å². The standard InChI is InChI=1S/C17H21Cl2N3OS/c1-22(17(24)20-14-8-10-5-6-11(14)7-10)9-15(23)21-16-12(18)3-2-4-13(16)19/h2-4,10-11,14H,5-9H2,1H3,(H,20,24)(H,21,23)/t10-,11-,14-/m0/s1. The number of nitrogens with zero attached hydrogens (tertiary/aromatic N) is 1. The Balaban J connectivity index is 1.51. The summed E-state index contributed by atoms with van der Waals surface area (Å²) in [7, 11) is 1.82. The van der Waals surface area contributed by atoms with Crippen LogP contribution >= 0.6 is 35.4 Å². The second kappa shape index (κ2) is 7.46. The van der Waals surface area contributed by atoms with Gasteiger partial charge < -0.3 is 15.5 Å². The molecule has 0 spiro atoms. The van der Waals surface area contributed by atoms with Crippen LogP contribution in [0.15, 0.2) is 18.2 Å². The fraction of sp³-hybridized carbons (Fsp3) is 0.529. The second-order valence-corrected chi connectivity index (χ2v) is 7.93. The van der Waals surface area contributed by atoms with Crippen LogP contribution in [-0.4, -0.2) is 35.6 Å². The maximum Gasteiger partial charge on any atom is 0.244 e. The van der Waals surface area contributed by atoms with E-state index in [-0.39, 0.29) is 12.5 Å². The van der Waals surface area contributed by atoms with Crippen molar-refractivity contribution >= 4 is 52.1 Å². The zero-order chi connectivity index (χ0) is 17.3. The Morgan fingerprint density at radius 3 is 2.58 bits per heavy atom. The van der Waals surface area contributed by atoms with Crippen molar-refractivity contribution in [3.8, 4) is 0 Å². The predicted molar refractivity (Wildman–Crippen MR) is 103 cm³/mol. The molecule has 1 amide bonds. The SMILES string of the molecule is CN(CC(=O)Nc1c(Cl)cccc1Cl)C(=S)N[C@H]1C[C@H]2CC[C@H]1C2. The van der Waals surface area contributed by atoms with Crippen LogP contribution in [0, 0.1) is 11.8 Å². The highest BCUT2D eigenvalue weighted by atomic mass is 35.5. The number of anilines is 1. The third-order valence-electron chi connectivity index (χ3n) is 5.00. The monoisotopic (exact) mass is 385 g/mol. The minimum absolute atomic E-state index is 0.147. The molecule has 4 nitrogen and oxygen atoms in total. The maximum absolute atomic E-state index is 12.2. The van der Waals surface area contributed by atoms with Crippen molar-refractivity contribution in [2.24, 2.45) is 11.8 Å². The Bertz CT molecular complexity index is 634. The smallest absolute Gasteiger partial charge is 0.244 e. The van der Waals surface area contributed by atoms with Crippen molar-refractivity contribution in [3.05, 3.63) is 28.2 Å². The molecule has 2 N–H and O–H groups in total. The van der Waals surface area contributed by atoms with Gasteiger partial charge in [-0.2, -0.15) is 0 Å². The summed E-state index contributed by atoms with van der Waals surface area (Å²) in [5.41, 5.74) is 0.436. The van der Waals surface area contributed by atoms with Crippen molar-refractivity contribution in [1.29, 1.82) is 0 Å². The van der Waals surface area contributed by atoms with E-state index in [2.05, 4.69) is 10.6 Å². The van der Waals surface area contributed by atoms with Gasteiger partial charge in [0.25, 0.3) is 0 Å². The summed E-state index contributed by atoms with van der Waals surface area (Å²) in [5.74, 6) is 1.38. The summed E-state index contributed by atoms with van der Waals surface area (Å²) in [4.78, 5) is 14.0. The Labute approximate surface area is 157 Å². The first kappa shape index (κ1) is 17.8. The van der Waals surface area contributed by atoms with Gasteiger partial charge in [0, 0.05) is 13.1 Å². The molecule has 3 atom stereocenters. The molecule has 2 bridgehead atoms. The lowest BCUT2D eigenvalue weighted by atomic mass is 9.95. The molecular weight excluding hydrogens is 365 g/mol. The number of rotatable bonds is 4. The highest BCUT2D eigenvalue weighted by molar-refractivity contribution is 7.80. The minimum Gasteiger partial charge on any atom is -0.360 e. The Kier molecular flexibility index (Phi) is 5.52. The summed E-state index contributed by atoms with van der Waals surface area (Å²) in [5, 5.41) is 7.63. The molecule has 0 saturated heterocycles. The van der Waals surface area contributed by atoms with E-state index in [9.17, 15) is 4.79 Å². The zero-order valence-corrected chi connectivity index (χ0v) is 15.8. The molecule has 0 aliphatic heterocycles. The van der Waals surface area contributed by atoms with Gasteiger partial charge in [0.1, 0.15) is 0 Å². The minimum atomic E-state index is -0.204. The van der Waals surface area contributed by atoms with Crippen LogP contribution in [-0.2, 0) is 4.79 Å². The average molecular weight is 386 g/mol. The molecule has 2 aliphatic rings.